The number of hydrogen-bond donors (Lipinski definition) is 0. The first kappa shape index (κ1) is 38.9. The number of nitrogens with zero attached hydrogens (tertiary/aromatic N) is 2. The summed E-state index contributed by atoms with van der Waals surface area (Å²) >= 11 is 0. The van der Waals surface area contributed by atoms with E-state index in [0.717, 1.165) is 92.6 Å². The molecule has 3 heteroatoms. The van der Waals surface area contributed by atoms with Gasteiger partial charge in [-0.05, 0) is 237 Å². The van der Waals surface area contributed by atoms with Crippen molar-refractivity contribution in [1.29, 1.82) is 0 Å². The van der Waals surface area contributed by atoms with E-state index in [1.807, 2.05) is 0 Å². The lowest BCUT2D eigenvalue weighted by atomic mass is 9.48. The second kappa shape index (κ2) is 14.0. The highest BCUT2D eigenvalue weighted by molar-refractivity contribution is 6.13. The Kier molecular flexibility index (Phi) is 8.15. The monoisotopic (exact) mass is 877 g/mol. The van der Waals surface area contributed by atoms with Crippen molar-refractivity contribution in [3.05, 3.63) is 132 Å². The van der Waals surface area contributed by atoms with E-state index in [-0.39, 0.29) is 0 Å². The van der Waals surface area contributed by atoms with Crippen LogP contribution in [0, 0.1) is 53.3 Å². The molecule has 19 rings (SSSR count). The van der Waals surface area contributed by atoms with Gasteiger partial charge in [0.05, 0.1) is 11.4 Å². The molecular weight excluding hydrogens is 813 g/mol. The van der Waals surface area contributed by atoms with Gasteiger partial charge in [-0.2, -0.15) is 0 Å². The van der Waals surface area contributed by atoms with Crippen molar-refractivity contribution in [3.63, 3.8) is 0 Å². The number of furan rings is 1. The van der Waals surface area contributed by atoms with Crippen LogP contribution in [0.25, 0.3) is 67.0 Å². The molecule has 2 heterocycles. The molecule has 0 unspecified atom stereocenters. The molecule has 67 heavy (non-hydrogen) atoms. The van der Waals surface area contributed by atoms with Crippen LogP contribution in [0.5, 0.6) is 0 Å². The maximum Gasteiger partial charge on any atom is 0.160 e. The zero-order valence-electron chi connectivity index (χ0n) is 39.2. The molecule has 0 saturated heterocycles. The Morgan fingerprint density at radius 1 is 0.358 bits per heavy atom. The Balaban J connectivity index is 0.816. The summed E-state index contributed by atoms with van der Waals surface area (Å²) in [5, 5.41) is 2.34. The smallest absolute Gasteiger partial charge is 0.160 e. The van der Waals surface area contributed by atoms with Crippen LogP contribution in [-0.4, -0.2) is 9.97 Å². The van der Waals surface area contributed by atoms with E-state index in [4.69, 9.17) is 14.4 Å². The maximum atomic E-state index is 6.77. The van der Waals surface area contributed by atoms with Gasteiger partial charge in [0.1, 0.15) is 11.2 Å². The third kappa shape index (κ3) is 6.07. The molecule has 0 spiro atoms. The fraction of sp³-hybridized carbons (Fsp3) is 0.469. The fourth-order valence-corrected chi connectivity index (χ4v) is 19.5. The summed E-state index contributed by atoms with van der Waals surface area (Å²) in [6, 6.07) is 44.8. The standard InChI is InChI=1S/C64H64N2O/c1-2-4-58-54(3-1)60-55(47-5-11-51(12-6-47)62-29-38-17-39(30-62)19-40(18-38)31-62)26-50(27-59(60)67-58)61-65-56(48-7-13-52(14-8-48)63-32-41-20-42(33-63)22-43(21-41)34-63)28-57(66-61)49-9-15-53(16-10-49)64-35-44-23-45(36-64)25-46(24-44)37-64/h1-16,26-28,38-46H,17-25,29-37H2. The molecule has 12 bridgehead atoms. The normalized spacial score (nSPS) is 36.2. The van der Waals surface area contributed by atoms with Crippen molar-refractivity contribution in [2.75, 3.05) is 0 Å². The van der Waals surface area contributed by atoms with Gasteiger partial charge in [0.25, 0.3) is 0 Å². The molecule has 3 nitrogen and oxygen atoms in total. The number of fused-ring (bicyclic) bond motifs is 3. The number of para-hydroxylation sites is 1. The third-order valence-corrected chi connectivity index (χ3v) is 21.0. The van der Waals surface area contributed by atoms with Crippen LogP contribution in [0.3, 0.4) is 0 Å². The van der Waals surface area contributed by atoms with E-state index >= 15 is 0 Å². The van der Waals surface area contributed by atoms with E-state index < -0.39 is 0 Å². The molecule has 12 saturated carbocycles. The van der Waals surface area contributed by atoms with Crippen LogP contribution in [0.15, 0.2) is 120 Å². The first-order chi connectivity index (χ1) is 32.9. The molecule has 0 N–H and O–H groups in total. The molecule has 2 aromatic heterocycles. The molecule has 12 aliphatic rings. The summed E-state index contributed by atoms with van der Waals surface area (Å²) < 4.78 is 6.77. The van der Waals surface area contributed by atoms with Gasteiger partial charge in [-0.25, -0.2) is 9.97 Å². The van der Waals surface area contributed by atoms with Crippen LogP contribution in [-0.2, 0) is 16.2 Å². The minimum absolute atomic E-state index is 0.373. The summed E-state index contributed by atoms with van der Waals surface area (Å²) in [4.78, 5) is 11.1. The highest BCUT2D eigenvalue weighted by Crippen LogP contribution is 2.63. The number of benzene rings is 5. The quantitative estimate of drug-likeness (QED) is 0.160. The zero-order chi connectivity index (χ0) is 43.6. The molecule has 7 aromatic rings. The molecule has 0 aliphatic heterocycles. The number of hydrogen-bond acceptors (Lipinski definition) is 3. The van der Waals surface area contributed by atoms with Crippen molar-refractivity contribution in [3.8, 4) is 45.0 Å². The molecule has 0 amide bonds. The average Bonchev–Trinajstić information content (AvgIpc) is 3.71. The van der Waals surface area contributed by atoms with Crippen LogP contribution in [0.1, 0.15) is 132 Å². The Morgan fingerprint density at radius 3 is 1.13 bits per heavy atom. The molecule has 336 valence electrons. The van der Waals surface area contributed by atoms with E-state index in [9.17, 15) is 0 Å². The van der Waals surface area contributed by atoms with Crippen molar-refractivity contribution < 1.29 is 4.42 Å². The van der Waals surface area contributed by atoms with Gasteiger partial charge in [-0.15, -0.1) is 0 Å². The second-order valence-corrected chi connectivity index (χ2v) is 25.3. The van der Waals surface area contributed by atoms with Gasteiger partial charge in [-0.3, -0.25) is 0 Å². The Hall–Kier alpha value is -5.02. The van der Waals surface area contributed by atoms with Crippen LogP contribution >= 0.6 is 0 Å². The lowest BCUT2D eigenvalue weighted by Gasteiger charge is -2.57. The molecule has 5 aromatic carbocycles. The average molecular weight is 877 g/mol. The summed E-state index contributed by atoms with van der Waals surface area (Å²) in [7, 11) is 0. The second-order valence-electron chi connectivity index (χ2n) is 25.3. The summed E-state index contributed by atoms with van der Waals surface area (Å²) in [5.74, 6) is 9.14. The predicted molar refractivity (Wildman–Crippen MR) is 271 cm³/mol. The highest BCUT2D eigenvalue weighted by atomic mass is 16.3. The van der Waals surface area contributed by atoms with Gasteiger partial charge in [-0.1, -0.05) is 91.0 Å². The minimum Gasteiger partial charge on any atom is -0.456 e. The molecule has 12 aliphatic carbocycles. The molecule has 12 fully saturated rings. The third-order valence-electron chi connectivity index (χ3n) is 21.0. The van der Waals surface area contributed by atoms with Gasteiger partial charge in [0.15, 0.2) is 5.82 Å². The number of rotatable bonds is 7. The lowest BCUT2D eigenvalue weighted by Crippen LogP contribution is -2.48. The van der Waals surface area contributed by atoms with Crippen molar-refractivity contribution in [2.24, 2.45) is 53.3 Å². The van der Waals surface area contributed by atoms with Gasteiger partial charge >= 0.3 is 0 Å². The lowest BCUT2D eigenvalue weighted by molar-refractivity contribution is -0.00530. The van der Waals surface area contributed by atoms with E-state index in [2.05, 4.69) is 115 Å². The first-order valence-electron chi connectivity index (χ1n) is 27.0. The SMILES string of the molecule is c1ccc2c(c1)oc1cc(-c3nc(-c4ccc(C56CC7CC(CC(C7)C5)C6)cc4)cc(-c4ccc(C56CC7CC(CC(C7)C5)C6)cc4)n3)cc(-c3ccc(C45CC6CC(CC(C6)C4)C5)cc3)c12. The molecule has 0 atom stereocenters. The van der Waals surface area contributed by atoms with Crippen molar-refractivity contribution in [1.82, 2.24) is 9.97 Å². The maximum absolute atomic E-state index is 6.77. The minimum atomic E-state index is 0.373. The van der Waals surface area contributed by atoms with Crippen LogP contribution in [0.4, 0.5) is 0 Å². The Bertz CT molecular complexity index is 2900. The van der Waals surface area contributed by atoms with E-state index in [1.54, 1.807) is 16.7 Å². The summed E-state index contributed by atoms with van der Waals surface area (Å²) in [6.45, 7) is 0. The summed E-state index contributed by atoms with van der Waals surface area (Å²) in [5.41, 5.74) is 15.4. The Morgan fingerprint density at radius 2 is 0.731 bits per heavy atom. The van der Waals surface area contributed by atoms with Crippen molar-refractivity contribution in [2.45, 2.75) is 132 Å². The van der Waals surface area contributed by atoms with Crippen LogP contribution < -0.4 is 0 Å². The van der Waals surface area contributed by atoms with Gasteiger partial charge in [0, 0.05) is 27.5 Å². The zero-order valence-corrected chi connectivity index (χ0v) is 39.2. The van der Waals surface area contributed by atoms with Gasteiger partial charge in [0.2, 0.25) is 0 Å². The van der Waals surface area contributed by atoms with Crippen LogP contribution in [0.2, 0.25) is 0 Å². The molecule has 0 radical (unpaired) electrons. The topological polar surface area (TPSA) is 38.9 Å². The number of aromatic nitrogens is 2. The van der Waals surface area contributed by atoms with Crippen molar-refractivity contribution >= 4 is 21.9 Å². The summed E-state index contributed by atoms with van der Waals surface area (Å²) in [6.07, 6.45) is 25.7. The Labute approximate surface area is 396 Å². The molecular formula is C64H64N2O. The fourth-order valence-electron chi connectivity index (χ4n) is 19.5. The van der Waals surface area contributed by atoms with Gasteiger partial charge < -0.3 is 4.42 Å². The largest absolute Gasteiger partial charge is 0.456 e. The highest BCUT2D eigenvalue weighted by Gasteiger charge is 2.54. The first-order valence-corrected chi connectivity index (χ1v) is 27.0. The van der Waals surface area contributed by atoms with E-state index in [1.165, 1.54) is 143 Å². The predicted octanol–water partition coefficient (Wildman–Crippen LogP) is 16.4. The van der Waals surface area contributed by atoms with E-state index in [0.29, 0.717) is 16.2 Å².